The Bertz CT molecular complexity index is 163. The van der Waals surface area contributed by atoms with Crippen molar-refractivity contribution in [2.24, 2.45) is 5.92 Å². The Morgan fingerprint density at radius 3 is 2.14 bits per heavy atom. The van der Waals surface area contributed by atoms with Gasteiger partial charge in [-0.2, -0.15) is 0 Å². The summed E-state index contributed by atoms with van der Waals surface area (Å²) >= 11 is 2.45. The first-order valence-electron chi connectivity index (χ1n) is 5.40. The van der Waals surface area contributed by atoms with E-state index in [9.17, 15) is 0 Å². The molecule has 0 fully saturated rings. The summed E-state index contributed by atoms with van der Waals surface area (Å²) in [5, 5.41) is 0.348. The molecule has 14 heavy (non-hydrogen) atoms. The highest BCUT2D eigenvalue weighted by atomic mass is 127. The van der Waals surface area contributed by atoms with Crippen molar-refractivity contribution in [3.8, 4) is 0 Å². The molecule has 0 bridgehead atoms. The first-order valence-corrected chi connectivity index (χ1v) is 9.84. The molecular weight excluding hydrogens is 303 g/mol. The molecule has 0 aliphatic carbocycles. The number of alkyl halides is 1. The molecule has 0 saturated carbocycles. The molecule has 1 unspecified atom stereocenters. The Hall–Kier alpha value is 0.907. The third-order valence-corrected chi connectivity index (χ3v) is 9.18. The molecule has 0 radical (unpaired) electrons. The highest BCUT2D eigenvalue weighted by Gasteiger charge is 2.36. The zero-order valence-corrected chi connectivity index (χ0v) is 13.6. The summed E-state index contributed by atoms with van der Waals surface area (Å²) in [6.07, 6.45) is 1.20. The molecule has 0 rings (SSSR count). The van der Waals surface area contributed by atoms with E-state index in [1.165, 1.54) is 10.8 Å². The normalized spacial score (nSPS) is 15.6. The van der Waals surface area contributed by atoms with Crippen LogP contribution >= 0.6 is 22.6 Å². The minimum atomic E-state index is -1.49. The average Bonchev–Trinajstić information content (AvgIpc) is 2.01. The smallest absolute Gasteiger partial charge is 0.191 e. The maximum atomic E-state index is 6.10. The van der Waals surface area contributed by atoms with E-state index in [4.69, 9.17) is 4.43 Å². The third-order valence-electron chi connectivity index (χ3n) is 3.14. The quantitative estimate of drug-likeness (QED) is 0.411. The van der Waals surface area contributed by atoms with E-state index in [0.717, 1.165) is 12.5 Å². The summed E-state index contributed by atoms with van der Waals surface area (Å²) in [6, 6.07) is 0. The first-order chi connectivity index (χ1) is 6.20. The lowest BCUT2D eigenvalue weighted by molar-refractivity contribution is 0.266. The van der Waals surface area contributed by atoms with Crippen molar-refractivity contribution >= 4 is 30.9 Å². The van der Waals surface area contributed by atoms with E-state index >= 15 is 0 Å². The van der Waals surface area contributed by atoms with Gasteiger partial charge in [0, 0.05) is 11.0 Å². The Morgan fingerprint density at radius 1 is 1.29 bits per heavy atom. The van der Waals surface area contributed by atoms with Gasteiger partial charge >= 0.3 is 0 Å². The second-order valence-electron chi connectivity index (χ2n) is 5.66. The van der Waals surface area contributed by atoms with Gasteiger partial charge in [0.2, 0.25) is 0 Å². The van der Waals surface area contributed by atoms with Crippen molar-refractivity contribution in [1.29, 1.82) is 0 Å². The molecule has 0 saturated heterocycles. The summed E-state index contributed by atoms with van der Waals surface area (Å²) in [7, 11) is -1.49. The Kier molecular flexibility index (Phi) is 6.22. The average molecular weight is 328 g/mol. The van der Waals surface area contributed by atoms with Gasteiger partial charge in [-0.1, -0.05) is 50.3 Å². The summed E-state index contributed by atoms with van der Waals surface area (Å²) in [5.41, 5.74) is 0. The van der Waals surface area contributed by atoms with Crippen molar-refractivity contribution < 1.29 is 4.43 Å². The van der Waals surface area contributed by atoms with Crippen LogP contribution in [0.2, 0.25) is 18.1 Å². The van der Waals surface area contributed by atoms with Crippen molar-refractivity contribution in [1.82, 2.24) is 0 Å². The van der Waals surface area contributed by atoms with Gasteiger partial charge < -0.3 is 4.43 Å². The minimum absolute atomic E-state index is 0.348. The molecule has 0 heterocycles. The van der Waals surface area contributed by atoms with Gasteiger partial charge in [0.15, 0.2) is 8.32 Å². The molecule has 1 nitrogen and oxygen atoms in total. The fourth-order valence-electron chi connectivity index (χ4n) is 0.809. The van der Waals surface area contributed by atoms with Gasteiger partial charge in [-0.05, 0) is 30.5 Å². The van der Waals surface area contributed by atoms with E-state index in [0.29, 0.717) is 5.04 Å². The molecule has 0 aliphatic heterocycles. The van der Waals surface area contributed by atoms with Crippen molar-refractivity contribution in [2.45, 2.75) is 52.2 Å². The molecule has 0 aromatic heterocycles. The van der Waals surface area contributed by atoms with E-state index in [1.54, 1.807) is 0 Å². The molecule has 3 heteroatoms. The summed E-state index contributed by atoms with van der Waals surface area (Å²) in [4.78, 5) is 0. The molecule has 0 spiro atoms. The molecule has 0 amide bonds. The van der Waals surface area contributed by atoms with Crippen LogP contribution < -0.4 is 0 Å². The van der Waals surface area contributed by atoms with Crippen LogP contribution in [0.4, 0.5) is 0 Å². The largest absolute Gasteiger partial charge is 0.417 e. The van der Waals surface area contributed by atoms with Crippen molar-refractivity contribution in [3.05, 3.63) is 0 Å². The molecule has 0 aliphatic rings. The van der Waals surface area contributed by atoms with Crippen molar-refractivity contribution in [2.75, 3.05) is 11.0 Å². The summed E-state index contributed by atoms with van der Waals surface area (Å²) in [6.45, 7) is 14.8. The SMILES string of the molecule is CC(CI)CCO[Si](C)(C)C(C)(C)C. The van der Waals surface area contributed by atoms with Gasteiger partial charge in [-0.3, -0.25) is 0 Å². The lowest BCUT2D eigenvalue weighted by Crippen LogP contribution is -2.41. The molecule has 86 valence electrons. The fraction of sp³-hybridized carbons (Fsp3) is 1.00. The van der Waals surface area contributed by atoms with Crippen LogP contribution in [0.3, 0.4) is 0 Å². The van der Waals surface area contributed by atoms with Gasteiger partial charge in [0.1, 0.15) is 0 Å². The Labute approximate surface area is 104 Å². The molecule has 0 aromatic carbocycles. The number of hydrogen-bond donors (Lipinski definition) is 0. The third kappa shape index (κ3) is 5.12. The van der Waals surface area contributed by atoms with Crippen LogP contribution in [0.1, 0.15) is 34.1 Å². The predicted octanol–water partition coefficient (Wildman–Crippen LogP) is 4.47. The van der Waals surface area contributed by atoms with E-state index in [-0.39, 0.29) is 0 Å². The van der Waals surface area contributed by atoms with Crippen LogP contribution in [0, 0.1) is 5.92 Å². The lowest BCUT2D eigenvalue weighted by Gasteiger charge is -2.36. The summed E-state index contributed by atoms with van der Waals surface area (Å²) < 4.78 is 7.34. The van der Waals surface area contributed by atoms with E-state index < -0.39 is 8.32 Å². The van der Waals surface area contributed by atoms with Gasteiger partial charge in [0.05, 0.1) is 0 Å². The fourth-order valence-corrected chi connectivity index (χ4v) is 2.31. The van der Waals surface area contributed by atoms with Gasteiger partial charge in [0.25, 0.3) is 0 Å². The van der Waals surface area contributed by atoms with Crippen LogP contribution in [-0.2, 0) is 4.43 Å². The molecule has 1 atom stereocenters. The second-order valence-corrected chi connectivity index (χ2v) is 11.3. The zero-order valence-electron chi connectivity index (χ0n) is 10.5. The lowest BCUT2D eigenvalue weighted by atomic mass is 10.1. The molecule has 0 aromatic rings. The van der Waals surface area contributed by atoms with Crippen LogP contribution in [-0.4, -0.2) is 19.4 Å². The topological polar surface area (TPSA) is 9.23 Å². The molecule has 0 N–H and O–H groups in total. The van der Waals surface area contributed by atoms with Crippen LogP contribution in [0.25, 0.3) is 0 Å². The standard InChI is InChI=1S/C11H25IOSi/c1-10(9-12)7-8-13-14(5,6)11(2,3)4/h10H,7-9H2,1-6H3. The highest BCUT2D eigenvalue weighted by Crippen LogP contribution is 2.36. The minimum Gasteiger partial charge on any atom is -0.417 e. The number of halogens is 1. The van der Waals surface area contributed by atoms with Crippen LogP contribution in [0.15, 0.2) is 0 Å². The maximum absolute atomic E-state index is 6.10. The Balaban J connectivity index is 3.89. The first kappa shape index (κ1) is 14.9. The number of rotatable bonds is 5. The van der Waals surface area contributed by atoms with Gasteiger partial charge in [-0.25, -0.2) is 0 Å². The Morgan fingerprint density at radius 2 is 1.79 bits per heavy atom. The van der Waals surface area contributed by atoms with Gasteiger partial charge in [-0.15, -0.1) is 0 Å². The predicted molar refractivity (Wildman–Crippen MR) is 75.8 cm³/mol. The maximum Gasteiger partial charge on any atom is 0.191 e. The molecular formula is C11H25IOSi. The second kappa shape index (κ2) is 5.85. The zero-order chi connectivity index (χ0) is 11.4. The van der Waals surface area contributed by atoms with Crippen LogP contribution in [0.5, 0.6) is 0 Å². The summed E-state index contributed by atoms with van der Waals surface area (Å²) in [5.74, 6) is 0.792. The van der Waals surface area contributed by atoms with E-state index in [2.05, 4.69) is 63.4 Å². The monoisotopic (exact) mass is 328 g/mol. The highest BCUT2D eigenvalue weighted by molar-refractivity contribution is 14.1. The van der Waals surface area contributed by atoms with Crippen molar-refractivity contribution in [3.63, 3.8) is 0 Å². The van der Waals surface area contributed by atoms with E-state index in [1.807, 2.05) is 0 Å². The number of hydrogen-bond acceptors (Lipinski definition) is 1.